The van der Waals surface area contributed by atoms with E-state index in [0.29, 0.717) is 0 Å². The Hall–Kier alpha value is -1.26. The van der Waals surface area contributed by atoms with Crippen molar-refractivity contribution in [1.82, 2.24) is 0 Å². The smallest absolute Gasteiger partial charge is 0.119 e. The molecule has 1 aromatic carbocycles. The van der Waals surface area contributed by atoms with Crippen molar-refractivity contribution < 1.29 is 9.84 Å². The van der Waals surface area contributed by atoms with E-state index >= 15 is 0 Å². The molecule has 2 rings (SSSR count). The van der Waals surface area contributed by atoms with Gasteiger partial charge in [-0.3, -0.25) is 0 Å². The Balaban J connectivity index is 2.00. The highest BCUT2D eigenvalue weighted by Crippen LogP contribution is 2.25. The summed E-state index contributed by atoms with van der Waals surface area (Å²) in [5, 5.41) is 9.22. The summed E-state index contributed by atoms with van der Waals surface area (Å²) in [5.74, 6) is 0.870. The number of aliphatic hydroxyl groups excluding tert-OH is 1. The number of methoxy groups -OCH3 is 1. The second kappa shape index (κ2) is 4.94. The fourth-order valence-corrected chi connectivity index (χ4v) is 2.16. The van der Waals surface area contributed by atoms with Gasteiger partial charge in [0.2, 0.25) is 0 Å². The minimum absolute atomic E-state index is 0.0729. The molecule has 1 heterocycles. The molecule has 0 saturated carbocycles. The molecule has 94 valence electrons. The second-order valence-corrected chi connectivity index (χ2v) is 4.71. The molecule has 1 aromatic rings. The molecule has 0 spiro atoms. The zero-order chi connectivity index (χ0) is 12.3. The van der Waals surface area contributed by atoms with E-state index in [4.69, 9.17) is 10.5 Å². The maximum atomic E-state index is 9.22. The number of hydrogen-bond acceptors (Lipinski definition) is 4. The Kier molecular flexibility index (Phi) is 3.54. The van der Waals surface area contributed by atoms with Gasteiger partial charge in [-0.2, -0.15) is 0 Å². The van der Waals surface area contributed by atoms with Crippen molar-refractivity contribution >= 4 is 5.69 Å². The summed E-state index contributed by atoms with van der Waals surface area (Å²) in [6.45, 7) is 1.86. The van der Waals surface area contributed by atoms with E-state index < -0.39 is 0 Å². The lowest BCUT2D eigenvalue weighted by atomic mass is 9.89. The van der Waals surface area contributed by atoms with Gasteiger partial charge in [0, 0.05) is 24.3 Å². The van der Waals surface area contributed by atoms with E-state index in [-0.39, 0.29) is 12.1 Å². The first kappa shape index (κ1) is 12.2. The molecule has 3 N–H and O–H groups in total. The Bertz CT molecular complexity index is 356. The van der Waals surface area contributed by atoms with Crippen LogP contribution < -0.4 is 15.4 Å². The Morgan fingerprint density at radius 2 is 1.88 bits per heavy atom. The molecular formula is C13H20N2O2. The van der Waals surface area contributed by atoms with Gasteiger partial charge in [0.25, 0.3) is 0 Å². The van der Waals surface area contributed by atoms with Crippen LogP contribution in [0.5, 0.6) is 5.75 Å². The molecule has 4 nitrogen and oxygen atoms in total. The standard InChI is InChI=1S/C13H20N2O2/c1-17-12-4-2-11(3-5-12)15-8-6-13(14,10-16)7-9-15/h2-5,16H,6-10,14H2,1H3. The molecule has 0 unspecified atom stereocenters. The third kappa shape index (κ3) is 2.70. The number of aliphatic hydroxyl groups is 1. The maximum Gasteiger partial charge on any atom is 0.119 e. The molecule has 4 heteroatoms. The van der Waals surface area contributed by atoms with Crippen molar-refractivity contribution in [3.8, 4) is 5.75 Å². The van der Waals surface area contributed by atoms with Crippen molar-refractivity contribution in [2.75, 3.05) is 31.7 Å². The van der Waals surface area contributed by atoms with E-state index in [1.54, 1.807) is 7.11 Å². The Morgan fingerprint density at radius 1 is 1.29 bits per heavy atom. The molecule has 0 amide bonds. The molecule has 1 fully saturated rings. The zero-order valence-corrected chi connectivity index (χ0v) is 10.2. The van der Waals surface area contributed by atoms with Crippen LogP contribution in [0.2, 0.25) is 0 Å². The SMILES string of the molecule is COc1ccc(N2CCC(N)(CO)CC2)cc1. The first-order valence-electron chi connectivity index (χ1n) is 5.96. The number of ether oxygens (including phenoxy) is 1. The predicted molar refractivity (Wildman–Crippen MR) is 68.4 cm³/mol. The van der Waals surface area contributed by atoms with Crippen molar-refractivity contribution in [3.05, 3.63) is 24.3 Å². The van der Waals surface area contributed by atoms with E-state index in [0.717, 1.165) is 31.7 Å². The van der Waals surface area contributed by atoms with E-state index in [1.165, 1.54) is 5.69 Å². The van der Waals surface area contributed by atoms with Gasteiger partial charge in [-0.15, -0.1) is 0 Å². The number of hydrogen-bond donors (Lipinski definition) is 2. The summed E-state index contributed by atoms with van der Waals surface area (Å²) in [6, 6.07) is 8.04. The fourth-order valence-electron chi connectivity index (χ4n) is 2.16. The van der Waals surface area contributed by atoms with Crippen LogP contribution >= 0.6 is 0 Å². The quantitative estimate of drug-likeness (QED) is 0.821. The number of benzene rings is 1. The van der Waals surface area contributed by atoms with Gasteiger partial charge in [-0.1, -0.05) is 0 Å². The van der Waals surface area contributed by atoms with Crippen LogP contribution in [0.3, 0.4) is 0 Å². The summed E-state index contributed by atoms with van der Waals surface area (Å²) in [5.41, 5.74) is 6.85. The van der Waals surface area contributed by atoms with E-state index in [9.17, 15) is 5.11 Å². The van der Waals surface area contributed by atoms with Gasteiger partial charge in [-0.05, 0) is 37.1 Å². The number of piperidine rings is 1. The first-order chi connectivity index (χ1) is 8.17. The Morgan fingerprint density at radius 3 is 2.35 bits per heavy atom. The van der Waals surface area contributed by atoms with Crippen molar-refractivity contribution in [2.24, 2.45) is 5.73 Å². The van der Waals surface area contributed by atoms with Crippen LogP contribution in [0.15, 0.2) is 24.3 Å². The molecule has 0 aromatic heterocycles. The highest BCUT2D eigenvalue weighted by atomic mass is 16.5. The molecule has 1 aliphatic heterocycles. The van der Waals surface area contributed by atoms with Crippen LogP contribution in [0.25, 0.3) is 0 Å². The topological polar surface area (TPSA) is 58.7 Å². The number of nitrogens with zero attached hydrogens (tertiary/aromatic N) is 1. The largest absolute Gasteiger partial charge is 0.497 e. The highest BCUT2D eigenvalue weighted by Gasteiger charge is 2.29. The molecule has 0 atom stereocenters. The predicted octanol–water partition coefficient (Wildman–Crippen LogP) is 0.985. The summed E-state index contributed by atoms with van der Waals surface area (Å²) in [7, 11) is 1.67. The summed E-state index contributed by atoms with van der Waals surface area (Å²) in [6.07, 6.45) is 1.66. The number of rotatable bonds is 3. The monoisotopic (exact) mass is 236 g/mol. The third-order valence-corrected chi connectivity index (χ3v) is 3.51. The molecule has 0 bridgehead atoms. The normalized spacial score (nSPS) is 19.1. The Labute approximate surface area is 102 Å². The summed E-state index contributed by atoms with van der Waals surface area (Å²) < 4.78 is 5.14. The minimum atomic E-state index is -0.386. The molecule has 1 aliphatic rings. The lowest BCUT2D eigenvalue weighted by Gasteiger charge is -2.39. The van der Waals surface area contributed by atoms with Crippen LogP contribution in [0.4, 0.5) is 5.69 Å². The number of nitrogens with two attached hydrogens (primary N) is 1. The second-order valence-electron chi connectivity index (χ2n) is 4.71. The highest BCUT2D eigenvalue weighted by molar-refractivity contribution is 5.49. The lowest BCUT2D eigenvalue weighted by molar-refractivity contribution is 0.170. The van der Waals surface area contributed by atoms with Gasteiger partial charge < -0.3 is 20.5 Å². The average Bonchev–Trinajstić information content (AvgIpc) is 2.40. The van der Waals surface area contributed by atoms with E-state index in [2.05, 4.69) is 17.0 Å². The molecule has 17 heavy (non-hydrogen) atoms. The fraction of sp³-hybridized carbons (Fsp3) is 0.538. The van der Waals surface area contributed by atoms with Crippen molar-refractivity contribution in [2.45, 2.75) is 18.4 Å². The zero-order valence-electron chi connectivity index (χ0n) is 10.2. The van der Waals surface area contributed by atoms with Crippen LogP contribution in [-0.2, 0) is 0 Å². The van der Waals surface area contributed by atoms with Crippen LogP contribution in [0, 0.1) is 0 Å². The lowest BCUT2D eigenvalue weighted by Crippen LogP contribution is -2.52. The maximum absolute atomic E-state index is 9.22. The molecule has 1 saturated heterocycles. The number of anilines is 1. The summed E-state index contributed by atoms with van der Waals surface area (Å²) in [4.78, 5) is 2.29. The minimum Gasteiger partial charge on any atom is -0.497 e. The van der Waals surface area contributed by atoms with Gasteiger partial charge >= 0.3 is 0 Å². The molecule has 0 aliphatic carbocycles. The van der Waals surface area contributed by atoms with Gasteiger partial charge in [0.15, 0.2) is 0 Å². The molecule has 0 radical (unpaired) electrons. The summed E-state index contributed by atoms with van der Waals surface area (Å²) >= 11 is 0. The van der Waals surface area contributed by atoms with Crippen LogP contribution in [0.1, 0.15) is 12.8 Å². The van der Waals surface area contributed by atoms with Gasteiger partial charge in [0.05, 0.1) is 13.7 Å². The average molecular weight is 236 g/mol. The van der Waals surface area contributed by atoms with Crippen molar-refractivity contribution in [1.29, 1.82) is 0 Å². The molecular weight excluding hydrogens is 216 g/mol. The van der Waals surface area contributed by atoms with Gasteiger partial charge in [-0.25, -0.2) is 0 Å². The van der Waals surface area contributed by atoms with Crippen LogP contribution in [-0.4, -0.2) is 37.5 Å². The first-order valence-corrected chi connectivity index (χ1v) is 5.96. The third-order valence-electron chi connectivity index (χ3n) is 3.51. The van der Waals surface area contributed by atoms with E-state index in [1.807, 2.05) is 12.1 Å². The van der Waals surface area contributed by atoms with Crippen molar-refractivity contribution in [3.63, 3.8) is 0 Å². The van der Waals surface area contributed by atoms with Gasteiger partial charge in [0.1, 0.15) is 5.75 Å².